The van der Waals surface area contributed by atoms with E-state index >= 15 is 0 Å². The Morgan fingerprint density at radius 3 is 2.92 bits per heavy atom. The van der Waals surface area contributed by atoms with E-state index in [1.165, 1.54) is 0 Å². The molecule has 1 aliphatic heterocycles. The third kappa shape index (κ3) is 4.57. The van der Waals surface area contributed by atoms with E-state index in [1.807, 2.05) is 42.2 Å². The number of rotatable bonds is 6. The van der Waals surface area contributed by atoms with Crippen LogP contribution in [-0.4, -0.2) is 42.2 Å². The zero-order valence-corrected chi connectivity index (χ0v) is 14.8. The van der Waals surface area contributed by atoms with Crippen LogP contribution in [-0.2, 0) is 11.3 Å². The lowest BCUT2D eigenvalue weighted by molar-refractivity contribution is 0.0502. The van der Waals surface area contributed by atoms with Gasteiger partial charge in [0.25, 0.3) is 5.91 Å². The molecule has 0 N–H and O–H groups in total. The maximum absolute atomic E-state index is 13.0. The largest absolute Gasteiger partial charge is 0.497 e. The number of pyridine rings is 1. The van der Waals surface area contributed by atoms with Gasteiger partial charge < -0.3 is 14.4 Å². The predicted octanol–water partition coefficient (Wildman–Crippen LogP) is 3.22. The molecule has 0 aliphatic carbocycles. The van der Waals surface area contributed by atoms with Crippen LogP contribution < -0.4 is 4.74 Å². The normalized spacial score (nSPS) is 16.6. The van der Waals surface area contributed by atoms with Crippen molar-refractivity contribution in [1.82, 2.24) is 9.88 Å². The number of aryl methyl sites for hydroxylation is 1. The van der Waals surface area contributed by atoms with Crippen LogP contribution in [0, 0.1) is 6.92 Å². The summed E-state index contributed by atoms with van der Waals surface area (Å²) in [6.45, 7) is 3.81. The monoisotopic (exact) mass is 340 g/mol. The van der Waals surface area contributed by atoms with Crippen LogP contribution in [0.1, 0.15) is 34.5 Å². The smallest absolute Gasteiger partial charge is 0.272 e. The zero-order valence-electron chi connectivity index (χ0n) is 14.8. The van der Waals surface area contributed by atoms with Crippen molar-refractivity contribution in [3.05, 3.63) is 59.4 Å². The predicted molar refractivity (Wildman–Crippen MR) is 95.7 cm³/mol. The van der Waals surface area contributed by atoms with Crippen LogP contribution in [0.3, 0.4) is 0 Å². The van der Waals surface area contributed by atoms with Crippen LogP contribution in [0.2, 0.25) is 0 Å². The average molecular weight is 340 g/mol. The van der Waals surface area contributed by atoms with Crippen LogP contribution in [0.5, 0.6) is 5.75 Å². The van der Waals surface area contributed by atoms with Crippen molar-refractivity contribution < 1.29 is 14.3 Å². The van der Waals surface area contributed by atoms with Crippen LogP contribution in [0.15, 0.2) is 42.6 Å². The molecule has 5 nitrogen and oxygen atoms in total. The van der Waals surface area contributed by atoms with Crippen LogP contribution in [0.4, 0.5) is 0 Å². The molecule has 0 radical (unpaired) electrons. The minimum absolute atomic E-state index is 0.0710. The van der Waals surface area contributed by atoms with Gasteiger partial charge in [-0.3, -0.25) is 9.78 Å². The minimum Gasteiger partial charge on any atom is -0.497 e. The summed E-state index contributed by atoms with van der Waals surface area (Å²) < 4.78 is 11.0. The zero-order chi connectivity index (χ0) is 17.6. The molecule has 0 unspecified atom stereocenters. The van der Waals surface area contributed by atoms with Gasteiger partial charge in [-0.05, 0) is 49.1 Å². The van der Waals surface area contributed by atoms with Gasteiger partial charge in [0.05, 0.1) is 13.2 Å². The lowest BCUT2D eigenvalue weighted by Gasteiger charge is -2.25. The molecule has 1 atom stereocenters. The van der Waals surface area contributed by atoms with E-state index in [4.69, 9.17) is 9.47 Å². The molecule has 0 spiro atoms. The van der Waals surface area contributed by atoms with Crippen LogP contribution >= 0.6 is 0 Å². The first kappa shape index (κ1) is 17.4. The summed E-state index contributed by atoms with van der Waals surface area (Å²) in [6.07, 6.45) is 3.86. The molecule has 1 aromatic carbocycles. The van der Waals surface area contributed by atoms with Crippen molar-refractivity contribution in [2.45, 2.75) is 32.4 Å². The fourth-order valence-corrected chi connectivity index (χ4v) is 3.00. The number of ether oxygens (including phenoxy) is 2. The number of benzene rings is 1. The highest BCUT2D eigenvalue weighted by Gasteiger charge is 2.24. The second-order valence-electron chi connectivity index (χ2n) is 6.39. The van der Waals surface area contributed by atoms with Crippen molar-refractivity contribution in [1.29, 1.82) is 0 Å². The van der Waals surface area contributed by atoms with Gasteiger partial charge in [-0.25, -0.2) is 0 Å². The molecule has 0 bridgehead atoms. The van der Waals surface area contributed by atoms with Gasteiger partial charge in [-0.1, -0.05) is 18.2 Å². The molecule has 2 aromatic rings. The standard InChI is InChI=1S/C20H24N2O3/c1-15-8-9-19(21-12-15)20(23)22(14-18-7-4-10-25-18)13-16-5-3-6-17(11-16)24-2/h3,5-6,8-9,11-12,18H,4,7,10,13-14H2,1-2H3/t18-/m1/s1. The molecule has 2 heterocycles. The Morgan fingerprint density at radius 1 is 1.36 bits per heavy atom. The SMILES string of the molecule is COc1cccc(CN(C[C@H]2CCCO2)C(=O)c2ccc(C)cn2)c1. The number of nitrogens with zero attached hydrogens (tertiary/aromatic N) is 2. The maximum atomic E-state index is 13.0. The Hall–Kier alpha value is -2.40. The van der Waals surface area contributed by atoms with Crippen molar-refractivity contribution in [3.63, 3.8) is 0 Å². The second-order valence-corrected chi connectivity index (χ2v) is 6.39. The molecule has 0 saturated carbocycles. The number of methoxy groups -OCH3 is 1. The van der Waals surface area contributed by atoms with Crippen molar-refractivity contribution in [3.8, 4) is 5.75 Å². The Kier molecular flexibility index (Phi) is 5.66. The number of hydrogen-bond acceptors (Lipinski definition) is 4. The molecule has 1 aliphatic rings. The number of carbonyl (C=O) groups is 1. The van der Waals surface area contributed by atoms with E-state index in [0.29, 0.717) is 18.8 Å². The van der Waals surface area contributed by atoms with Gasteiger partial charge in [-0.2, -0.15) is 0 Å². The fraction of sp³-hybridized carbons (Fsp3) is 0.400. The summed E-state index contributed by atoms with van der Waals surface area (Å²) in [5.74, 6) is 0.716. The summed E-state index contributed by atoms with van der Waals surface area (Å²) in [7, 11) is 1.64. The third-order valence-corrected chi connectivity index (χ3v) is 4.37. The Labute approximate surface area is 148 Å². The topological polar surface area (TPSA) is 51.7 Å². The van der Waals surface area contributed by atoms with E-state index < -0.39 is 0 Å². The van der Waals surface area contributed by atoms with Crippen molar-refractivity contribution in [2.24, 2.45) is 0 Å². The quantitative estimate of drug-likeness (QED) is 0.810. The molecule has 1 amide bonds. The molecule has 5 heteroatoms. The van der Waals surface area contributed by atoms with Gasteiger partial charge in [0, 0.05) is 25.9 Å². The highest BCUT2D eigenvalue weighted by molar-refractivity contribution is 5.92. The first-order valence-electron chi connectivity index (χ1n) is 8.62. The first-order chi connectivity index (χ1) is 12.2. The van der Waals surface area contributed by atoms with E-state index in [2.05, 4.69) is 4.98 Å². The summed E-state index contributed by atoms with van der Waals surface area (Å²) in [5.41, 5.74) is 2.53. The number of hydrogen-bond donors (Lipinski definition) is 0. The number of aromatic nitrogens is 1. The van der Waals surface area contributed by atoms with Gasteiger partial charge in [0.2, 0.25) is 0 Å². The summed E-state index contributed by atoms with van der Waals surface area (Å²) in [4.78, 5) is 19.1. The Balaban J connectivity index is 1.80. The lowest BCUT2D eigenvalue weighted by atomic mass is 10.1. The maximum Gasteiger partial charge on any atom is 0.272 e. The van der Waals surface area contributed by atoms with E-state index in [9.17, 15) is 4.79 Å². The molecule has 1 saturated heterocycles. The van der Waals surface area contributed by atoms with Crippen molar-refractivity contribution >= 4 is 5.91 Å². The van der Waals surface area contributed by atoms with Crippen molar-refractivity contribution in [2.75, 3.05) is 20.3 Å². The van der Waals surface area contributed by atoms with E-state index in [1.54, 1.807) is 19.4 Å². The van der Waals surface area contributed by atoms with Gasteiger partial charge in [-0.15, -0.1) is 0 Å². The highest BCUT2D eigenvalue weighted by Crippen LogP contribution is 2.19. The van der Waals surface area contributed by atoms with E-state index in [-0.39, 0.29) is 12.0 Å². The summed E-state index contributed by atoms with van der Waals surface area (Å²) >= 11 is 0. The molecule has 1 aromatic heterocycles. The fourth-order valence-electron chi connectivity index (χ4n) is 3.00. The van der Waals surface area contributed by atoms with E-state index in [0.717, 1.165) is 36.3 Å². The molecule has 3 rings (SSSR count). The summed E-state index contributed by atoms with van der Waals surface area (Å²) in [5, 5.41) is 0. The number of carbonyl (C=O) groups excluding carboxylic acids is 1. The molecular formula is C20H24N2O3. The molecule has 1 fully saturated rings. The Bertz CT molecular complexity index is 709. The Morgan fingerprint density at radius 2 is 2.24 bits per heavy atom. The second kappa shape index (κ2) is 8.12. The molecular weight excluding hydrogens is 316 g/mol. The van der Waals surface area contributed by atoms with Crippen LogP contribution in [0.25, 0.3) is 0 Å². The number of amides is 1. The molecule has 132 valence electrons. The first-order valence-corrected chi connectivity index (χ1v) is 8.62. The highest BCUT2D eigenvalue weighted by atomic mass is 16.5. The molecule has 25 heavy (non-hydrogen) atoms. The lowest BCUT2D eigenvalue weighted by Crippen LogP contribution is -2.37. The van der Waals surface area contributed by atoms with Gasteiger partial charge >= 0.3 is 0 Å². The van der Waals surface area contributed by atoms with Gasteiger partial charge in [0.15, 0.2) is 0 Å². The van der Waals surface area contributed by atoms with Gasteiger partial charge in [0.1, 0.15) is 11.4 Å². The summed E-state index contributed by atoms with van der Waals surface area (Å²) in [6, 6.07) is 11.5. The minimum atomic E-state index is -0.0710. The average Bonchev–Trinajstić information content (AvgIpc) is 3.14. The third-order valence-electron chi connectivity index (χ3n) is 4.37.